The molecule has 18 heavy (non-hydrogen) atoms. The van der Waals surface area contributed by atoms with Crippen LogP contribution in [0.4, 0.5) is 0 Å². The standard InChI is InChI=1S/C13H15NO3S/c1-8-3-4-10(9(2)5-8)12(15)14-7-18-6-11(14)13(16)17/h3-5,11H,6-7H2,1-2H3,(H,16,17). The largest absolute Gasteiger partial charge is 0.480 e. The summed E-state index contributed by atoms with van der Waals surface area (Å²) in [6.07, 6.45) is 0. The Bertz CT molecular complexity index is 501. The summed E-state index contributed by atoms with van der Waals surface area (Å²) in [5, 5.41) is 9.09. The number of carboxylic acid groups (broad SMARTS) is 1. The van der Waals surface area contributed by atoms with E-state index in [1.165, 1.54) is 16.7 Å². The van der Waals surface area contributed by atoms with Crippen molar-refractivity contribution in [2.45, 2.75) is 19.9 Å². The zero-order valence-corrected chi connectivity index (χ0v) is 11.2. The van der Waals surface area contributed by atoms with E-state index >= 15 is 0 Å². The van der Waals surface area contributed by atoms with Gasteiger partial charge in [0.2, 0.25) is 0 Å². The number of hydrogen-bond acceptors (Lipinski definition) is 3. The average Bonchev–Trinajstić information content (AvgIpc) is 2.77. The lowest BCUT2D eigenvalue weighted by Crippen LogP contribution is -2.42. The van der Waals surface area contributed by atoms with Crippen molar-refractivity contribution in [2.24, 2.45) is 0 Å². The Morgan fingerprint density at radius 1 is 1.39 bits per heavy atom. The van der Waals surface area contributed by atoms with Gasteiger partial charge < -0.3 is 10.0 Å². The van der Waals surface area contributed by atoms with Gasteiger partial charge >= 0.3 is 5.97 Å². The predicted molar refractivity (Wildman–Crippen MR) is 70.8 cm³/mol. The number of amides is 1. The molecule has 1 N–H and O–H groups in total. The van der Waals surface area contributed by atoms with Crippen molar-refractivity contribution in [3.8, 4) is 0 Å². The number of benzene rings is 1. The van der Waals surface area contributed by atoms with Crippen LogP contribution in [0.3, 0.4) is 0 Å². The Morgan fingerprint density at radius 2 is 2.11 bits per heavy atom. The third kappa shape index (κ3) is 2.36. The fraction of sp³-hybridized carbons (Fsp3) is 0.385. The first-order valence-corrected chi connectivity index (χ1v) is 6.85. The lowest BCUT2D eigenvalue weighted by Gasteiger charge is -2.21. The van der Waals surface area contributed by atoms with Crippen LogP contribution in [0.25, 0.3) is 0 Å². The molecule has 0 aliphatic carbocycles. The van der Waals surface area contributed by atoms with Gasteiger partial charge in [-0.3, -0.25) is 4.79 Å². The Hall–Kier alpha value is -1.49. The maximum Gasteiger partial charge on any atom is 0.327 e. The van der Waals surface area contributed by atoms with E-state index < -0.39 is 12.0 Å². The van der Waals surface area contributed by atoms with Crippen molar-refractivity contribution < 1.29 is 14.7 Å². The van der Waals surface area contributed by atoms with Crippen molar-refractivity contribution in [3.63, 3.8) is 0 Å². The maximum absolute atomic E-state index is 12.3. The molecule has 1 amide bonds. The number of aliphatic carboxylic acids is 1. The molecular weight excluding hydrogens is 250 g/mol. The maximum atomic E-state index is 12.3. The first kappa shape index (κ1) is 13.0. The van der Waals surface area contributed by atoms with Gasteiger partial charge in [-0.15, -0.1) is 11.8 Å². The molecule has 2 rings (SSSR count). The van der Waals surface area contributed by atoms with E-state index in [9.17, 15) is 9.59 Å². The third-order valence-electron chi connectivity index (χ3n) is 3.04. The van der Waals surface area contributed by atoms with Crippen LogP contribution in [-0.4, -0.2) is 39.6 Å². The van der Waals surface area contributed by atoms with Crippen LogP contribution < -0.4 is 0 Å². The molecular formula is C13H15NO3S. The molecule has 0 aromatic heterocycles. The Balaban J connectivity index is 2.28. The van der Waals surface area contributed by atoms with E-state index in [0.29, 0.717) is 17.2 Å². The first-order valence-electron chi connectivity index (χ1n) is 5.69. The molecule has 1 atom stereocenters. The van der Waals surface area contributed by atoms with Gasteiger partial charge in [0.15, 0.2) is 0 Å². The number of nitrogens with zero attached hydrogens (tertiary/aromatic N) is 1. The van der Waals surface area contributed by atoms with Gasteiger partial charge in [0, 0.05) is 11.3 Å². The van der Waals surface area contributed by atoms with Gasteiger partial charge in [-0.05, 0) is 25.5 Å². The molecule has 4 nitrogen and oxygen atoms in total. The summed E-state index contributed by atoms with van der Waals surface area (Å²) in [6.45, 7) is 3.84. The number of carboxylic acids is 1. The van der Waals surface area contributed by atoms with Crippen molar-refractivity contribution in [1.29, 1.82) is 0 Å². The minimum atomic E-state index is -0.932. The fourth-order valence-electron chi connectivity index (χ4n) is 2.06. The summed E-state index contributed by atoms with van der Waals surface area (Å²) in [6, 6.07) is 4.88. The van der Waals surface area contributed by atoms with Crippen LogP contribution in [0.15, 0.2) is 18.2 Å². The molecule has 1 aliphatic heterocycles. The number of hydrogen-bond donors (Lipinski definition) is 1. The molecule has 1 heterocycles. The summed E-state index contributed by atoms with van der Waals surface area (Å²) in [4.78, 5) is 24.9. The van der Waals surface area contributed by atoms with Crippen LogP contribution in [0.1, 0.15) is 21.5 Å². The lowest BCUT2D eigenvalue weighted by atomic mass is 10.0. The summed E-state index contributed by atoms with van der Waals surface area (Å²) in [7, 11) is 0. The summed E-state index contributed by atoms with van der Waals surface area (Å²) in [5.74, 6) is -0.210. The predicted octanol–water partition coefficient (Wildman–Crippen LogP) is 1.90. The van der Waals surface area contributed by atoms with E-state index in [0.717, 1.165) is 11.1 Å². The van der Waals surface area contributed by atoms with E-state index in [-0.39, 0.29) is 5.91 Å². The second-order valence-corrected chi connectivity index (χ2v) is 5.45. The monoisotopic (exact) mass is 265 g/mol. The smallest absolute Gasteiger partial charge is 0.327 e. The van der Waals surface area contributed by atoms with E-state index in [1.807, 2.05) is 26.0 Å². The zero-order chi connectivity index (χ0) is 13.3. The van der Waals surface area contributed by atoms with E-state index in [1.54, 1.807) is 6.07 Å². The number of carbonyl (C=O) groups excluding carboxylic acids is 1. The van der Waals surface area contributed by atoms with Gasteiger partial charge in [-0.1, -0.05) is 17.7 Å². The van der Waals surface area contributed by atoms with Gasteiger partial charge in [-0.2, -0.15) is 0 Å². The Kier molecular flexibility index (Phi) is 3.61. The molecule has 0 saturated carbocycles. The van der Waals surface area contributed by atoms with Gasteiger partial charge in [-0.25, -0.2) is 4.79 Å². The highest BCUT2D eigenvalue weighted by atomic mass is 32.2. The number of aryl methyl sites for hydroxylation is 2. The molecule has 5 heteroatoms. The Labute approximate surface area is 110 Å². The SMILES string of the molecule is Cc1ccc(C(=O)N2CSCC2C(=O)O)c(C)c1. The van der Waals surface area contributed by atoms with Crippen LogP contribution in [0.5, 0.6) is 0 Å². The van der Waals surface area contributed by atoms with E-state index in [2.05, 4.69) is 0 Å². The molecule has 0 spiro atoms. The average molecular weight is 265 g/mol. The molecule has 0 bridgehead atoms. The second-order valence-electron chi connectivity index (χ2n) is 4.45. The summed E-state index contributed by atoms with van der Waals surface area (Å²) >= 11 is 1.47. The molecule has 1 fully saturated rings. The highest BCUT2D eigenvalue weighted by molar-refractivity contribution is 7.99. The normalized spacial score (nSPS) is 19.0. The number of rotatable bonds is 2. The molecule has 1 aromatic rings. The molecule has 96 valence electrons. The van der Waals surface area contributed by atoms with Crippen LogP contribution >= 0.6 is 11.8 Å². The summed E-state index contributed by atoms with van der Waals surface area (Å²) < 4.78 is 0. The van der Waals surface area contributed by atoms with Crippen molar-refractivity contribution in [2.75, 3.05) is 11.6 Å². The lowest BCUT2D eigenvalue weighted by molar-refractivity contribution is -0.140. The second kappa shape index (κ2) is 5.02. The van der Waals surface area contributed by atoms with Crippen LogP contribution in [0.2, 0.25) is 0 Å². The number of thioether (sulfide) groups is 1. The minimum Gasteiger partial charge on any atom is -0.480 e. The van der Waals surface area contributed by atoms with Crippen molar-refractivity contribution in [3.05, 3.63) is 34.9 Å². The van der Waals surface area contributed by atoms with E-state index in [4.69, 9.17) is 5.11 Å². The van der Waals surface area contributed by atoms with Crippen LogP contribution in [-0.2, 0) is 4.79 Å². The molecule has 1 unspecified atom stereocenters. The third-order valence-corrected chi connectivity index (χ3v) is 4.05. The minimum absolute atomic E-state index is 0.190. The van der Waals surface area contributed by atoms with Gasteiger partial charge in [0.25, 0.3) is 5.91 Å². The van der Waals surface area contributed by atoms with Crippen molar-refractivity contribution in [1.82, 2.24) is 4.90 Å². The highest BCUT2D eigenvalue weighted by Crippen LogP contribution is 2.24. The zero-order valence-electron chi connectivity index (χ0n) is 10.3. The highest BCUT2D eigenvalue weighted by Gasteiger charge is 2.35. The number of carbonyl (C=O) groups is 2. The molecule has 1 saturated heterocycles. The van der Waals surface area contributed by atoms with Crippen LogP contribution in [0, 0.1) is 13.8 Å². The quantitative estimate of drug-likeness (QED) is 0.887. The summed E-state index contributed by atoms with van der Waals surface area (Å²) in [5.41, 5.74) is 2.57. The topological polar surface area (TPSA) is 57.6 Å². The molecule has 0 radical (unpaired) electrons. The fourth-order valence-corrected chi connectivity index (χ4v) is 3.20. The Morgan fingerprint density at radius 3 is 2.72 bits per heavy atom. The van der Waals surface area contributed by atoms with Gasteiger partial charge in [0.1, 0.15) is 6.04 Å². The molecule has 1 aliphatic rings. The first-order chi connectivity index (χ1) is 8.50. The molecule has 1 aromatic carbocycles. The van der Waals surface area contributed by atoms with Gasteiger partial charge in [0.05, 0.1) is 5.88 Å². The van der Waals surface area contributed by atoms with Crippen molar-refractivity contribution >= 4 is 23.6 Å².